The highest BCUT2D eigenvalue weighted by Gasteiger charge is 2.56. The van der Waals surface area contributed by atoms with Gasteiger partial charge in [0.05, 0.1) is 24.5 Å². The summed E-state index contributed by atoms with van der Waals surface area (Å²) in [5.41, 5.74) is 3.87. The summed E-state index contributed by atoms with van der Waals surface area (Å²) in [5, 5.41) is 31.8. The lowest BCUT2D eigenvalue weighted by Crippen LogP contribution is -2.42. The minimum Gasteiger partial charge on any atom is -0.508 e. The van der Waals surface area contributed by atoms with Gasteiger partial charge in [-0.2, -0.15) is 0 Å². The van der Waals surface area contributed by atoms with E-state index in [-0.39, 0.29) is 36.1 Å². The molecule has 1 saturated carbocycles. The van der Waals surface area contributed by atoms with Crippen LogP contribution in [0.1, 0.15) is 84.1 Å². The van der Waals surface area contributed by atoms with Crippen LogP contribution in [0.4, 0.5) is 0 Å². The molecule has 0 unspecified atom stereocenters. The van der Waals surface area contributed by atoms with Gasteiger partial charge in [-0.05, 0) is 67.7 Å². The SMILES string of the molecule is CC/C(=C\c1cccc(O)c1)CC[C@@H](O)C1=C(C(C)C)C[C@H]2C(=O)N(C3CCCCC3)C(=O)[C@H]2[C@H]1CO. The van der Waals surface area contributed by atoms with E-state index in [1.807, 2.05) is 18.2 Å². The monoisotopic (exact) mass is 509 g/mol. The predicted molar refractivity (Wildman–Crippen MR) is 144 cm³/mol. The number of allylic oxidation sites excluding steroid dienone is 2. The summed E-state index contributed by atoms with van der Waals surface area (Å²) in [6, 6.07) is 7.08. The summed E-state index contributed by atoms with van der Waals surface area (Å²) >= 11 is 0. The Balaban J connectivity index is 1.57. The van der Waals surface area contributed by atoms with Crippen molar-refractivity contribution >= 4 is 17.9 Å². The summed E-state index contributed by atoms with van der Waals surface area (Å²) in [5.74, 6) is -1.44. The number of benzene rings is 1. The molecule has 2 amide bonds. The minimum absolute atomic E-state index is 0.0239. The number of rotatable bonds is 9. The Morgan fingerprint density at radius 2 is 1.86 bits per heavy atom. The average molecular weight is 510 g/mol. The van der Waals surface area contributed by atoms with E-state index >= 15 is 0 Å². The van der Waals surface area contributed by atoms with E-state index in [0.717, 1.165) is 60.8 Å². The van der Waals surface area contributed by atoms with Crippen molar-refractivity contribution in [3.63, 3.8) is 0 Å². The molecule has 2 aliphatic carbocycles. The lowest BCUT2D eigenvalue weighted by molar-refractivity contribution is -0.143. The fourth-order valence-electron chi connectivity index (χ4n) is 6.85. The first-order valence-electron chi connectivity index (χ1n) is 14.1. The van der Waals surface area contributed by atoms with E-state index in [1.165, 1.54) is 4.90 Å². The quantitative estimate of drug-likeness (QED) is 0.313. The van der Waals surface area contributed by atoms with Crippen LogP contribution in [0.15, 0.2) is 41.0 Å². The van der Waals surface area contributed by atoms with Crippen molar-refractivity contribution in [3.8, 4) is 5.75 Å². The van der Waals surface area contributed by atoms with E-state index in [2.05, 4.69) is 20.8 Å². The number of carbonyl (C=O) groups is 2. The van der Waals surface area contributed by atoms with Gasteiger partial charge >= 0.3 is 0 Å². The second kappa shape index (κ2) is 12.0. The standard InChI is InChI=1S/C31H43NO5/c1-4-20(15-21-9-8-12-23(34)16-21)13-14-27(35)28-24(19(2)3)17-25-29(26(28)18-33)31(37)32(30(25)36)22-10-6-5-7-11-22/h8-9,12,15-16,19,22,25-27,29,33-35H,4-7,10-11,13-14,17-18H2,1-3H3/b20-15+/t25-,26+,27-,29-/m1/s1. The maximum atomic E-state index is 13.7. The van der Waals surface area contributed by atoms with Crippen molar-refractivity contribution in [2.45, 2.75) is 90.7 Å². The Morgan fingerprint density at radius 3 is 2.49 bits per heavy atom. The molecule has 3 aliphatic rings. The van der Waals surface area contributed by atoms with Gasteiger partial charge in [0.25, 0.3) is 0 Å². The average Bonchev–Trinajstić information content (AvgIpc) is 3.14. The molecule has 0 aromatic heterocycles. The summed E-state index contributed by atoms with van der Waals surface area (Å²) < 4.78 is 0. The van der Waals surface area contributed by atoms with Gasteiger partial charge in [0.1, 0.15) is 5.75 Å². The van der Waals surface area contributed by atoms with Gasteiger partial charge < -0.3 is 15.3 Å². The van der Waals surface area contributed by atoms with Gasteiger partial charge in [0, 0.05) is 12.0 Å². The third-order valence-electron chi connectivity index (χ3n) is 8.78. The lowest BCUT2D eigenvalue weighted by atomic mass is 9.66. The second-order valence-corrected chi connectivity index (χ2v) is 11.4. The summed E-state index contributed by atoms with van der Waals surface area (Å²) in [6.45, 7) is 5.96. The van der Waals surface area contributed by atoms with E-state index in [4.69, 9.17) is 0 Å². The molecule has 2 fully saturated rings. The number of amides is 2. The van der Waals surface area contributed by atoms with Gasteiger partial charge in [-0.25, -0.2) is 0 Å². The number of hydrogen-bond donors (Lipinski definition) is 3. The van der Waals surface area contributed by atoms with E-state index in [0.29, 0.717) is 19.3 Å². The van der Waals surface area contributed by atoms with Gasteiger partial charge in [-0.15, -0.1) is 0 Å². The summed E-state index contributed by atoms with van der Waals surface area (Å²) in [6.07, 6.45) is 8.65. The fourth-order valence-corrected chi connectivity index (χ4v) is 6.85. The summed E-state index contributed by atoms with van der Waals surface area (Å²) in [4.78, 5) is 28.7. The van der Waals surface area contributed by atoms with Crippen molar-refractivity contribution in [1.82, 2.24) is 4.90 Å². The Labute approximate surface area is 221 Å². The van der Waals surface area contributed by atoms with Crippen LogP contribution in [0.25, 0.3) is 6.08 Å². The van der Waals surface area contributed by atoms with Crippen LogP contribution < -0.4 is 0 Å². The Bertz CT molecular complexity index is 1050. The van der Waals surface area contributed by atoms with E-state index in [9.17, 15) is 24.9 Å². The van der Waals surface area contributed by atoms with Crippen LogP contribution in [0.5, 0.6) is 5.75 Å². The highest BCUT2D eigenvalue weighted by atomic mass is 16.3. The number of nitrogens with zero attached hydrogens (tertiary/aromatic N) is 1. The highest BCUT2D eigenvalue weighted by Crippen LogP contribution is 2.49. The molecular formula is C31H43NO5. The zero-order valence-electron chi connectivity index (χ0n) is 22.5. The van der Waals surface area contributed by atoms with Gasteiger partial charge in [-0.3, -0.25) is 14.5 Å². The number of aliphatic hydroxyl groups excluding tert-OH is 2. The molecule has 1 aromatic rings. The van der Waals surface area contributed by atoms with Gasteiger partial charge in [0.2, 0.25) is 11.8 Å². The molecule has 37 heavy (non-hydrogen) atoms. The van der Waals surface area contributed by atoms with Gasteiger partial charge in [-0.1, -0.05) is 69.4 Å². The van der Waals surface area contributed by atoms with Crippen LogP contribution >= 0.6 is 0 Å². The van der Waals surface area contributed by atoms with E-state index in [1.54, 1.807) is 12.1 Å². The molecule has 202 valence electrons. The molecule has 0 bridgehead atoms. The van der Waals surface area contributed by atoms with E-state index < -0.39 is 23.9 Å². The van der Waals surface area contributed by atoms with Crippen LogP contribution in [0.2, 0.25) is 0 Å². The lowest BCUT2D eigenvalue weighted by Gasteiger charge is -2.38. The first kappa shape index (κ1) is 27.6. The molecule has 6 heteroatoms. The molecule has 1 saturated heterocycles. The summed E-state index contributed by atoms with van der Waals surface area (Å²) in [7, 11) is 0. The van der Waals surface area contributed by atoms with Gasteiger partial charge in [0.15, 0.2) is 0 Å². The molecule has 4 rings (SSSR count). The molecule has 0 radical (unpaired) electrons. The molecule has 1 aliphatic heterocycles. The maximum Gasteiger partial charge on any atom is 0.234 e. The molecule has 4 atom stereocenters. The van der Waals surface area contributed by atoms with Crippen molar-refractivity contribution in [3.05, 3.63) is 46.5 Å². The molecule has 1 aromatic carbocycles. The predicted octanol–water partition coefficient (Wildman–Crippen LogP) is 5.23. The number of imide groups is 1. The van der Waals surface area contributed by atoms with Crippen molar-refractivity contribution in [2.24, 2.45) is 23.7 Å². The third-order valence-corrected chi connectivity index (χ3v) is 8.78. The number of likely N-dealkylation sites (tertiary alicyclic amines) is 1. The molecule has 1 heterocycles. The number of aliphatic hydroxyl groups is 2. The van der Waals surface area contributed by atoms with Crippen LogP contribution in [0, 0.1) is 23.7 Å². The van der Waals surface area contributed by atoms with Crippen LogP contribution in [-0.2, 0) is 9.59 Å². The Hall–Kier alpha value is -2.44. The largest absolute Gasteiger partial charge is 0.508 e. The fraction of sp³-hybridized carbons (Fsp3) is 0.613. The molecular weight excluding hydrogens is 466 g/mol. The first-order valence-corrected chi connectivity index (χ1v) is 14.1. The Kier molecular flexibility index (Phi) is 8.91. The molecule has 6 nitrogen and oxygen atoms in total. The minimum atomic E-state index is -0.791. The first-order chi connectivity index (χ1) is 17.8. The topological polar surface area (TPSA) is 98.1 Å². The number of hydrogen-bond acceptors (Lipinski definition) is 5. The number of phenols is 1. The second-order valence-electron chi connectivity index (χ2n) is 11.4. The van der Waals surface area contributed by atoms with Crippen molar-refractivity contribution < 1.29 is 24.9 Å². The van der Waals surface area contributed by atoms with Crippen molar-refractivity contribution in [1.29, 1.82) is 0 Å². The number of aromatic hydroxyl groups is 1. The number of carbonyl (C=O) groups excluding carboxylic acids is 2. The third kappa shape index (κ3) is 5.70. The zero-order valence-corrected chi connectivity index (χ0v) is 22.5. The normalized spacial score (nSPS) is 26.3. The number of phenolic OH excluding ortho intramolecular Hbond substituents is 1. The number of fused-ring (bicyclic) bond motifs is 1. The Morgan fingerprint density at radius 1 is 1.14 bits per heavy atom. The van der Waals surface area contributed by atoms with Crippen LogP contribution in [-0.4, -0.2) is 50.8 Å². The highest BCUT2D eigenvalue weighted by molar-refractivity contribution is 6.06. The molecule has 3 N–H and O–H groups in total. The maximum absolute atomic E-state index is 13.7. The zero-order chi connectivity index (χ0) is 26.7. The smallest absolute Gasteiger partial charge is 0.234 e. The van der Waals surface area contributed by atoms with Crippen LogP contribution in [0.3, 0.4) is 0 Å². The molecule has 0 spiro atoms. The van der Waals surface area contributed by atoms with Crippen molar-refractivity contribution in [2.75, 3.05) is 6.61 Å².